The fourth-order valence-corrected chi connectivity index (χ4v) is 2.75. The zero-order chi connectivity index (χ0) is 12.6. The number of hydrogen-bond donors (Lipinski definition) is 1. The molecule has 0 saturated carbocycles. The molecule has 1 aromatic heterocycles. The summed E-state index contributed by atoms with van der Waals surface area (Å²) < 4.78 is 1.000. The Labute approximate surface area is 112 Å². The van der Waals surface area contributed by atoms with Crippen LogP contribution in [-0.2, 0) is 5.41 Å². The normalized spacial score (nSPS) is 11.8. The minimum Gasteiger partial charge on any atom is -0.240 e. The molecule has 3 heteroatoms. The number of benzene rings is 1. The first kappa shape index (κ1) is 12.7. The van der Waals surface area contributed by atoms with Crippen LogP contribution in [0.15, 0.2) is 28.5 Å². The van der Waals surface area contributed by atoms with Crippen molar-refractivity contribution in [3.8, 4) is 10.6 Å². The number of thiazole rings is 1. The molecule has 90 valence electrons. The Morgan fingerprint density at radius 1 is 1.12 bits per heavy atom. The van der Waals surface area contributed by atoms with E-state index in [0.717, 1.165) is 14.9 Å². The van der Waals surface area contributed by atoms with Crippen LogP contribution < -0.4 is 0 Å². The predicted octanol–water partition coefficient (Wildman–Crippen LogP) is 4.70. The van der Waals surface area contributed by atoms with E-state index in [1.165, 1.54) is 11.1 Å². The zero-order valence-electron chi connectivity index (χ0n) is 10.6. The van der Waals surface area contributed by atoms with E-state index in [-0.39, 0.29) is 5.41 Å². The van der Waals surface area contributed by atoms with Gasteiger partial charge in [0.2, 0.25) is 0 Å². The summed E-state index contributed by atoms with van der Waals surface area (Å²) in [4.78, 5) is 4.51. The lowest BCUT2D eigenvalue weighted by molar-refractivity contribution is 0.590. The third kappa shape index (κ3) is 2.72. The van der Waals surface area contributed by atoms with Crippen LogP contribution >= 0.6 is 24.0 Å². The molecule has 0 fully saturated rings. The van der Waals surface area contributed by atoms with E-state index in [4.69, 9.17) is 0 Å². The van der Waals surface area contributed by atoms with Crippen LogP contribution in [0, 0.1) is 6.92 Å². The summed E-state index contributed by atoms with van der Waals surface area (Å²) in [7, 11) is 0. The Morgan fingerprint density at radius 3 is 2.12 bits per heavy atom. The number of thiol groups is 1. The van der Waals surface area contributed by atoms with E-state index in [1.54, 1.807) is 11.3 Å². The number of hydrogen-bond acceptors (Lipinski definition) is 3. The van der Waals surface area contributed by atoms with Gasteiger partial charge in [0, 0.05) is 5.56 Å². The van der Waals surface area contributed by atoms with Crippen LogP contribution in [0.3, 0.4) is 0 Å². The topological polar surface area (TPSA) is 12.9 Å². The van der Waals surface area contributed by atoms with Gasteiger partial charge < -0.3 is 0 Å². The predicted molar refractivity (Wildman–Crippen MR) is 78.2 cm³/mol. The maximum absolute atomic E-state index is 4.51. The molecule has 0 saturated heterocycles. The second-order valence-electron chi connectivity index (χ2n) is 5.24. The molecular weight excluding hydrogens is 246 g/mol. The van der Waals surface area contributed by atoms with E-state index in [2.05, 4.69) is 62.6 Å². The smallest absolute Gasteiger partial charge is 0.124 e. The second kappa shape index (κ2) is 4.46. The van der Waals surface area contributed by atoms with Crippen molar-refractivity contribution in [2.45, 2.75) is 37.3 Å². The SMILES string of the molecule is Cc1nc(-c2ccc(C(C)(C)C)cc2)sc1S. The van der Waals surface area contributed by atoms with Crippen molar-refractivity contribution in [2.24, 2.45) is 0 Å². The summed E-state index contributed by atoms with van der Waals surface area (Å²) in [5.74, 6) is 0. The molecular formula is C14H17NS2. The highest BCUT2D eigenvalue weighted by Gasteiger charge is 2.14. The Kier molecular flexibility index (Phi) is 3.32. The Morgan fingerprint density at radius 2 is 1.71 bits per heavy atom. The van der Waals surface area contributed by atoms with Crippen molar-refractivity contribution < 1.29 is 0 Å². The molecule has 1 aromatic carbocycles. The average molecular weight is 263 g/mol. The highest BCUT2D eigenvalue weighted by atomic mass is 32.2. The molecule has 0 spiro atoms. The molecule has 1 heterocycles. The molecule has 0 aliphatic heterocycles. The van der Waals surface area contributed by atoms with Crippen molar-refractivity contribution in [3.05, 3.63) is 35.5 Å². The standard InChI is InChI=1S/C14H17NS2/c1-9-13(16)17-12(15-9)10-5-7-11(8-6-10)14(2,3)4/h5-8,16H,1-4H3. The monoisotopic (exact) mass is 263 g/mol. The van der Waals surface area contributed by atoms with Crippen molar-refractivity contribution in [1.82, 2.24) is 4.98 Å². The second-order valence-corrected chi connectivity index (χ2v) is 6.99. The third-order valence-electron chi connectivity index (χ3n) is 2.77. The Bertz CT molecular complexity index is 499. The van der Waals surface area contributed by atoms with Crippen LogP contribution in [0.1, 0.15) is 32.0 Å². The van der Waals surface area contributed by atoms with Gasteiger partial charge in [-0.1, -0.05) is 45.0 Å². The Hall–Kier alpha value is -0.800. The lowest BCUT2D eigenvalue weighted by Crippen LogP contribution is -2.10. The molecule has 0 bridgehead atoms. The van der Waals surface area contributed by atoms with Gasteiger partial charge in [-0.05, 0) is 17.9 Å². The molecule has 0 aliphatic rings. The lowest BCUT2D eigenvalue weighted by Gasteiger charge is -2.18. The molecule has 1 nitrogen and oxygen atoms in total. The zero-order valence-corrected chi connectivity index (χ0v) is 12.3. The van der Waals surface area contributed by atoms with Crippen molar-refractivity contribution in [1.29, 1.82) is 0 Å². The fourth-order valence-electron chi connectivity index (χ4n) is 1.62. The van der Waals surface area contributed by atoms with E-state index >= 15 is 0 Å². The molecule has 0 radical (unpaired) electrons. The van der Waals surface area contributed by atoms with Gasteiger partial charge in [-0.2, -0.15) is 0 Å². The summed E-state index contributed by atoms with van der Waals surface area (Å²) in [5, 5.41) is 1.05. The largest absolute Gasteiger partial charge is 0.240 e. The summed E-state index contributed by atoms with van der Waals surface area (Å²) in [5.41, 5.74) is 3.73. The molecule has 17 heavy (non-hydrogen) atoms. The first-order valence-electron chi connectivity index (χ1n) is 5.65. The van der Waals surface area contributed by atoms with Crippen LogP contribution in [0.25, 0.3) is 10.6 Å². The average Bonchev–Trinajstić information content (AvgIpc) is 2.58. The number of aromatic nitrogens is 1. The van der Waals surface area contributed by atoms with Gasteiger partial charge in [-0.15, -0.1) is 24.0 Å². The molecule has 0 unspecified atom stereocenters. The van der Waals surface area contributed by atoms with Gasteiger partial charge in [-0.25, -0.2) is 4.98 Å². The molecule has 0 atom stereocenters. The van der Waals surface area contributed by atoms with Gasteiger partial charge in [0.1, 0.15) is 5.01 Å². The van der Waals surface area contributed by atoms with Crippen molar-refractivity contribution >= 4 is 24.0 Å². The van der Waals surface area contributed by atoms with Crippen LogP contribution in [0.2, 0.25) is 0 Å². The summed E-state index contributed by atoms with van der Waals surface area (Å²) in [6.45, 7) is 8.66. The van der Waals surface area contributed by atoms with Gasteiger partial charge in [0.15, 0.2) is 0 Å². The van der Waals surface area contributed by atoms with Crippen LogP contribution in [-0.4, -0.2) is 4.98 Å². The summed E-state index contributed by atoms with van der Waals surface area (Å²) in [6.07, 6.45) is 0. The lowest BCUT2D eigenvalue weighted by atomic mass is 9.87. The quantitative estimate of drug-likeness (QED) is 0.736. The minimum atomic E-state index is 0.200. The van der Waals surface area contributed by atoms with Crippen molar-refractivity contribution in [3.63, 3.8) is 0 Å². The molecule has 0 aliphatic carbocycles. The first-order valence-corrected chi connectivity index (χ1v) is 6.91. The van der Waals surface area contributed by atoms with Gasteiger partial charge >= 0.3 is 0 Å². The summed E-state index contributed by atoms with van der Waals surface area (Å²) >= 11 is 6.02. The third-order valence-corrected chi connectivity index (χ3v) is 4.38. The number of nitrogens with zero attached hydrogens (tertiary/aromatic N) is 1. The van der Waals surface area contributed by atoms with E-state index in [0.29, 0.717) is 0 Å². The minimum absolute atomic E-state index is 0.200. The summed E-state index contributed by atoms with van der Waals surface area (Å²) in [6, 6.07) is 8.66. The van der Waals surface area contributed by atoms with Gasteiger partial charge in [-0.3, -0.25) is 0 Å². The van der Waals surface area contributed by atoms with Crippen LogP contribution in [0.4, 0.5) is 0 Å². The van der Waals surface area contributed by atoms with Crippen LogP contribution in [0.5, 0.6) is 0 Å². The first-order chi connectivity index (χ1) is 7.88. The molecule has 2 aromatic rings. The van der Waals surface area contributed by atoms with E-state index < -0.39 is 0 Å². The maximum atomic E-state index is 4.51. The highest BCUT2D eigenvalue weighted by molar-refractivity contribution is 7.83. The molecule has 2 rings (SSSR count). The van der Waals surface area contributed by atoms with Gasteiger partial charge in [0.25, 0.3) is 0 Å². The van der Waals surface area contributed by atoms with E-state index in [9.17, 15) is 0 Å². The Balaban J connectivity index is 2.36. The maximum Gasteiger partial charge on any atom is 0.124 e. The highest BCUT2D eigenvalue weighted by Crippen LogP contribution is 2.31. The number of rotatable bonds is 1. The van der Waals surface area contributed by atoms with Gasteiger partial charge in [0.05, 0.1) is 9.90 Å². The fraction of sp³-hybridized carbons (Fsp3) is 0.357. The number of aryl methyl sites for hydroxylation is 1. The molecule has 0 N–H and O–H groups in total. The van der Waals surface area contributed by atoms with E-state index in [1.807, 2.05) is 6.92 Å². The van der Waals surface area contributed by atoms with Crippen molar-refractivity contribution in [2.75, 3.05) is 0 Å². The molecule has 0 amide bonds.